The number of aliphatic hydroxyl groups excluding tert-OH is 1. The molecule has 0 aliphatic carbocycles. The monoisotopic (exact) mass is 330 g/mol. The average molecular weight is 330 g/mol. The van der Waals surface area contributed by atoms with Gasteiger partial charge in [-0.2, -0.15) is 11.6 Å². The first kappa shape index (κ1) is 20.1. The van der Waals surface area contributed by atoms with Crippen molar-refractivity contribution < 1.29 is 22.2 Å². The average Bonchev–Trinajstić information content (AvgIpc) is 3.02. The molecule has 124 valence electrons. The molecule has 0 amide bonds. The maximum absolute atomic E-state index is 9.25. The summed E-state index contributed by atoms with van der Waals surface area (Å²) >= 11 is 0. The van der Waals surface area contributed by atoms with Gasteiger partial charge in [0.05, 0.1) is 0 Å². The largest absolute Gasteiger partial charge is 0.748 e. The van der Waals surface area contributed by atoms with Crippen LogP contribution < -0.4 is 0 Å². The molecule has 3 nitrogen and oxygen atoms in total. The van der Waals surface area contributed by atoms with Crippen LogP contribution in [-0.4, -0.2) is 43.1 Å². The van der Waals surface area contributed by atoms with Crippen molar-refractivity contribution in [2.24, 2.45) is 0 Å². The SMILES string of the molecule is CN(C)Cc1c(CO)cc[c-]1CN(C)C.[Fe].[cH-]1[cH-][cH-][cH-][cH-]1. The zero-order valence-corrected chi connectivity index (χ0v) is 14.5. The van der Waals surface area contributed by atoms with Crippen molar-refractivity contribution in [2.75, 3.05) is 28.2 Å². The van der Waals surface area contributed by atoms with E-state index in [1.54, 1.807) is 0 Å². The third-order valence-corrected chi connectivity index (χ3v) is 2.95. The minimum Gasteiger partial charge on any atom is -0.748 e. The van der Waals surface area contributed by atoms with Gasteiger partial charge in [0.25, 0.3) is 0 Å². The molecule has 0 radical (unpaired) electrons. The van der Waals surface area contributed by atoms with Gasteiger partial charge in [-0.25, -0.2) is 6.07 Å². The number of aliphatic hydroxyl groups is 1. The summed E-state index contributed by atoms with van der Waals surface area (Å²) in [5, 5.41) is 9.25. The Morgan fingerprint density at radius 1 is 1.00 bits per heavy atom. The first-order valence-electron chi connectivity index (χ1n) is 6.88. The van der Waals surface area contributed by atoms with Gasteiger partial charge < -0.3 is 45.2 Å². The van der Waals surface area contributed by atoms with Gasteiger partial charge in [-0.15, -0.1) is 11.1 Å². The molecule has 4 heteroatoms. The number of hydrogen-bond donors (Lipinski definition) is 1. The van der Waals surface area contributed by atoms with Gasteiger partial charge >= 0.3 is 0 Å². The zero-order chi connectivity index (χ0) is 15.0. The van der Waals surface area contributed by atoms with Crippen LogP contribution in [0.25, 0.3) is 0 Å². The van der Waals surface area contributed by atoms with Crippen molar-refractivity contribution in [3.05, 3.63) is 59.2 Å². The summed E-state index contributed by atoms with van der Waals surface area (Å²) in [5.74, 6) is 0. The first-order valence-corrected chi connectivity index (χ1v) is 6.88. The van der Waals surface area contributed by atoms with E-state index in [0.717, 1.165) is 18.7 Å². The molecule has 2 aromatic rings. The van der Waals surface area contributed by atoms with E-state index in [4.69, 9.17) is 0 Å². The molecular formula is C17H26FeN2O-6. The topological polar surface area (TPSA) is 26.7 Å². The summed E-state index contributed by atoms with van der Waals surface area (Å²) in [7, 11) is 8.22. The molecule has 0 bridgehead atoms. The van der Waals surface area contributed by atoms with Gasteiger partial charge in [-0.05, 0) is 34.7 Å². The number of nitrogens with zero attached hydrogens (tertiary/aromatic N) is 2. The molecule has 0 saturated carbocycles. The maximum Gasteiger partial charge on any atom is 0.0143 e. The summed E-state index contributed by atoms with van der Waals surface area (Å²) in [6.45, 7) is 1.96. The molecule has 0 aromatic heterocycles. The second kappa shape index (κ2) is 10.8. The van der Waals surface area contributed by atoms with Gasteiger partial charge in [0, 0.05) is 30.2 Å². The van der Waals surface area contributed by atoms with E-state index < -0.39 is 0 Å². The van der Waals surface area contributed by atoms with Crippen molar-refractivity contribution in [1.29, 1.82) is 0 Å². The van der Waals surface area contributed by atoms with Gasteiger partial charge in [-0.1, -0.05) is 0 Å². The Morgan fingerprint density at radius 3 is 1.90 bits per heavy atom. The van der Waals surface area contributed by atoms with E-state index >= 15 is 0 Å². The smallest absolute Gasteiger partial charge is 0.0143 e. The minimum absolute atomic E-state index is 0. The third kappa shape index (κ3) is 7.60. The van der Waals surface area contributed by atoms with Crippen LogP contribution in [0.5, 0.6) is 0 Å². The number of rotatable bonds is 5. The van der Waals surface area contributed by atoms with Crippen LogP contribution in [0.1, 0.15) is 16.7 Å². The molecular weight excluding hydrogens is 304 g/mol. The second-order valence-electron chi connectivity index (χ2n) is 5.46. The summed E-state index contributed by atoms with van der Waals surface area (Å²) in [6, 6.07) is 14.1. The van der Waals surface area contributed by atoms with Crippen molar-refractivity contribution in [1.82, 2.24) is 9.80 Å². The Balaban J connectivity index is 0.000000562. The van der Waals surface area contributed by atoms with Crippen molar-refractivity contribution in [3.63, 3.8) is 0 Å². The van der Waals surface area contributed by atoms with Crippen LogP contribution in [0.2, 0.25) is 0 Å². The molecule has 0 fully saturated rings. The predicted molar refractivity (Wildman–Crippen MR) is 84.8 cm³/mol. The molecule has 0 spiro atoms. The van der Waals surface area contributed by atoms with E-state index in [2.05, 4.69) is 30.0 Å². The predicted octanol–water partition coefficient (Wildman–Crippen LogP) is 2.42. The van der Waals surface area contributed by atoms with Gasteiger partial charge in [0.1, 0.15) is 0 Å². The van der Waals surface area contributed by atoms with E-state index in [9.17, 15) is 5.11 Å². The van der Waals surface area contributed by atoms with Crippen LogP contribution in [0, 0.1) is 0 Å². The summed E-state index contributed by atoms with van der Waals surface area (Å²) in [6.07, 6.45) is 0. The molecule has 0 aliphatic heterocycles. The summed E-state index contributed by atoms with van der Waals surface area (Å²) in [4.78, 5) is 4.28. The minimum atomic E-state index is 0. The van der Waals surface area contributed by atoms with E-state index in [-0.39, 0.29) is 23.7 Å². The second-order valence-corrected chi connectivity index (χ2v) is 5.46. The maximum atomic E-state index is 9.25. The Labute approximate surface area is 139 Å². The van der Waals surface area contributed by atoms with Crippen molar-refractivity contribution >= 4 is 0 Å². The molecule has 0 heterocycles. The van der Waals surface area contributed by atoms with Crippen molar-refractivity contribution in [2.45, 2.75) is 19.7 Å². The third-order valence-electron chi connectivity index (χ3n) is 2.95. The Hall–Kier alpha value is -0.901. The summed E-state index contributed by atoms with van der Waals surface area (Å²) in [5.41, 5.74) is 3.65. The quantitative estimate of drug-likeness (QED) is 0.674. The van der Waals surface area contributed by atoms with Crippen LogP contribution in [-0.2, 0) is 36.8 Å². The van der Waals surface area contributed by atoms with Crippen LogP contribution in [0.3, 0.4) is 0 Å². The van der Waals surface area contributed by atoms with Crippen LogP contribution in [0.4, 0.5) is 0 Å². The zero-order valence-electron chi connectivity index (χ0n) is 13.4. The Kier molecular flexibility index (Phi) is 10.3. The molecule has 0 unspecified atom stereocenters. The molecule has 1 N–H and O–H groups in total. The molecule has 0 aliphatic rings. The van der Waals surface area contributed by atoms with Gasteiger partial charge in [-0.3, -0.25) is 0 Å². The Morgan fingerprint density at radius 2 is 1.52 bits per heavy atom. The standard InChI is InChI=1S/C12H21N2O.C5H5.Fe/c1-13(2)7-10-5-6-11(9-15)12(10)8-14(3)4;1-2-4-5-3-1;/h5-6,15H,7-9H2,1-4H3;1-5H;/q-1;-5;. The fourth-order valence-electron chi connectivity index (χ4n) is 2.09. The van der Waals surface area contributed by atoms with Crippen LogP contribution in [0.15, 0.2) is 42.5 Å². The molecule has 0 atom stereocenters. The molecule has 2 rings (SSSR count). The first-order chi connectivity index (χ1) is 9.54. The van der Waals surface area contributed by atoms with Gasteiger partial charge in [0.2, 0.25) is 0 Å². The Bertz CT molecular complexity index is 444. The molecule has 0 saturated heterocycles. The van der Waals surface area contributed by atoms with Crippen molar-refractivity contribution in [3.8, 4) is 0 Å². The fraction of sp³-hybridized carbons (Fsp3) is 0.412. The fourth-order valence-corrected chi connectivity index (χ4v) is 2.09. The van der Waals surface area contributed by atoms with E-state index in [0.29, 0.717) is 0 Å². The van der Waals surface area contributed by atoms with E-state index in [1.165, 1.54) is 11.1 Å². The molecule has 21 heavy (non-hydrogen) atoms. The molecule has 2 aromatic carbocycles. The number of hydrogen-bond acceptors (Lipinski definition) is 3. The van der Waals surface area contributed by atoms with E-state index in [1.807, 2.05) is 50.5 Å². The van der Waals surface area contributed by atoms with Gasteiger partial charge in [0.15, 0.2) is 0 Å². The normalized spacial score (nSPS) is 10.2. The summed E-state index contributed by atoms with van der Waals surface area (Å²) < 4.78 is 0. The van der Waals surface area contributed by atoms with Crippen LogP contribution >= 0.6 is 0 Å².